The van der Waals surface area contributed by atoms with Crippen LogP contribution in [0.15, 0.2) is 65.7 Å². The van der Waals surface area contributed by atoms with Crippen molar-refractivity contribution >= 4 is 29.0 Å². The summed E-state index contributed by atoms with van der Waals surface area (Å²) < 4.78 is 7.95. The highest BCUT2D eigenvalue weighted by molar-refractivity contribution is 6.30. The van der Waals surface area contributed by atoms with Crippen molar-refractivity contribution in [2.75, 3.05) is 13.2 Å². The van der Waals surface area contributed by atoms with E-state index in [0.29, 0.717) is 41.1 Å². The molecule has 0 bridgehead atoms. The molecule has 1 aliphatic rings. The second-order valence-electron chi connectivity index (χ2n) is 9.83. The number of phenols is 2. The summed E-state index contributed by atoms with van der Waals surface area (Å²) in [5, 5.41) is 31.8. The monoisotopic (exact) mass is 587 g/mol. The van der Waals surface area contributed by atoms with Gasteiger partial charge in [-0.1, -0.05) is 29.8 Å². The largest absolute Gasteiger partial charge is 0.504 e. The molecule has 11 heteroatoms. The summed E-state index contributed by atoms with van der Waals surface area (Å²) in [6, 6.07) is 16.7. The number of carbonyl (C=O) groups is 2. The van der Waals surface area contributed by atoms with Gasteiger partial charge in [0, 0.05) is 29.1 Å². The fourth-order valence-electron chi connectivity index (χ4n) is 4.90. The van der Waals surface area contributed by atoms with Crippen LogP contribution in [0.1, 0.15) is 65.4 Å². The highest BCUT2D eigenvalue weighted by Gasteiger charge is 2.30. The van der Waals surface area contributed by atoms with Gasteiger partial charge in [0.05, 0.1) is 30.0 Å². The average Bonchev–Trinajstić information content (AvgIpc) is 3.30. The summed E-state index contributed by atoms with van der Waals surface area (Å²) >= 11 is 6.18. The fraction of sp³-hybridized carbons (Fsp3) is 0.258. The Balaban J connectivity index is 1.45. The Morgan fingerprint density at radius 3 is 2.62 bits per heavy atom. The first kappa shape index (κ1) is 28.8. The summed E-state index contributed by atoms with van der Waals surface area (Å²) in [6.45, 7) is 4.47. The standard InChI is InChI=1S/C31H30ClN5O5/c1-3-33-28(40)17-24-31-36-35-18(2)37(31)25-14-13-21(16-23(25)29(34-24)19-9-11-20(32)12-10-19)42-15-5-8-26(38)22-6-4-7-27(39)30(22)41/h4,6-7,9-14,16,24,39,41H,3,5,8,15,17H2,1-2H3,(H,33,40)/t24-/m0/s1. The number of fused-ring (bicyclic) bond motifs is 3. The number of carbonyl (C=O) groups excluding carboxylic acids is 2. The highest BCUT2D eigenvalue weighted by atomic mass is 35.5. The summed E-state index contributed by atoms with van der Waals surface area (Å²) in [5.41, 5.74) is 3.10. The number of aromatic hydroxyl groups is 2. The average molecular weight is 588 g/mol. The maximum absolute atomic E-state index is 12.6. The maximum Gasteiger partial charge on any atom is 0.222 e. The van der Waals surface area contributed by atoms with E-state index in [1.165, 1.54) is 18.2 Å². The Morgan fingerprint density at radius 2 is 1.86 bits per heavy atom. The van der Waals surface area contributed by atoms with Crippen LogP contribution in [0.25, 0.3) is 5.69 Å². The predicted octanol–water partition coefficient (Wildman–Crippen LogP) is 5.10. The molecule has 3 N–H and O–H groups in total. The topological polar surface area (TPSA) is 139 Å². The van der Waals surface area contributed by atoms with E-state index in [-0.39, 0.29) is 42.5 Å². The number of ether oxygens (including phenoxy) is 1. The Hall–Kier alpha value is -4.70. The number of nitrogens with zero attached hydrogens (tertiary/aromatic N) is 4. The first-order chi connectivity index (χ1) is 20.3. The van der Waals surface area contributed by atoms with Gasteiger partial charge in [0.1, 0.15) is 17.6 Å². The second kappa shape index (κ2) is 12.4. The lowest BCUT2D eigenvalue weighted by Gasteiger charge is -2.15. The normalized spacial score (nSPS) is 13.9. The Morgan fingerprint density at radius 1 is 1.07 bits per heavy atom. The van der Waals surface area contributed by atoms with Crippen LogP contribution in [0.4, 0.5) is 0 Å². The molecule has 2 heterocycles. The zero-order valence-corrected chi connectivity index (χ0v) is 23.9. The Kier molecular flexibility index (Phi) is 8.53. The molecule has 0 saturated carbocycles. The van der Waals surface area contributed by atoms with Crippen LogP contribution < -0.4 is 10.1 Å². The van der Waals surface area contributed by atoms with E-state index in [4.69, 9.17) is 21.3 Å². The molecule has 1 aliphatic heterocycles. The number of ketones is 1. The number of aryl methyl sites for hydroxylation is 1. The van der Waals surface area contributed by atoms with E-state index in [9.17, 15) is 19.8 Å². The number of amides is 1. The van der Waals surface area contributed by atoms with Gasteiger partial charge in [-0.2, -0.15) is 0 Å². The minimum Gasteiger partial charge on any atom is -0.504 e. The lowest BCUT2D eigenvalue weighted by atomic mass is 10.00. The van der Waals surface area contributed by atoms with Crippen LogP contribution in [0, 0.1) is 6.92 Å². The Labute approximate surface area is 247 Å². The third-order valence-electron chi connectivity index (χ3n) is 6.90. The zero-order valence-electron chi connectivity index (χ0n) is 23.2. The number of hydrogen-bond donors (Lipinski definition) is 3. The number of benzene rings is 3. The van der Waals surface area contributed by atoms with Gasteiger partial charge in [-0.15, -0.1) is 10.2 Å². The van der Waals surface area contributed by atoms with Crippen molar-refractivity contribution in [3.63, 3.8) is 0 Å². The smallest absolute Gasteiger partial charge is 0.222 e. The molecule has 10 nitrogen and oxygen atoms in total. The summed E-state index contributed by atoms with van der Waals surface area (Å²) in [7, 11) is 0. The maximum atomic E-state index is 12.6. The Bertz CT molecular complexity index is 1660. The molecular formula is C31H30ClN5O5. The fourth-order valence-corrected chi connectivity index (χ4v) is 5.02. The van der Waals surface area contributed by atoms with Crippen molar-refractivity contribution in [3.8, 4) is 22.9 Å². The highest BCUT2D eigenvalue weighted by Crippen LogP contribution is 2.35. The van der Waals surface area contributed by atoms with Crippen LogP contribution in [0.3, 0.4) is 0 Å². The quantitative estimate of drug-likeness (QED) is 0.133. The van der Waals surface area contributed by atoms with Gasteiger partial charge in [-0.05, 0) is 62.7 Å². The van der Waals surface area contributed by atoms with Crippen LogP contribution >= 0.6 is 11.6 Å². The summed E-state index contributed by atoms with van der Waals surface area (Å²) in [4.78, 5) is 30.3. The summed E-state index contributed by atoms with van der Waals surface area (Å²) in [5.74, 6) is 0.598. The minimum absolute atomic E-state index is 0.0751. The van der Waals surface area contributed by atoms with E-state index in [0.717, 1.165) is 16.8 Å². The van der Waals surface area contributed by atoms with Crippen LogP contribution in [-0.2, 0) is 4.79 Å². The second-order valence-corrected chi connectivity index (χ2v) is 10.3. The summed E-state index contributed by atoms with van der Waals surface area (Å²) in [6.07, 6.45) is 0.625. The molecule has 5 rings (SSSR count). The number of nitrogens with one attached hydrogen (secondary N) is 1. The van der Waals surface area contributed by atoms with Crippen molar-refractivity contribution in [1.82, 2.24) is 20.1 Å². The van der Waals surface area contributed by atoms with Crippen molar-refractivity contribution in [2.24, 2.45) is 4.99 Å². The van der Waals surface area contributed by atoms with Gasteiger partial charge in [0.15, 0.2) is 23.1 Å². The predicted molar refractivity (Wildman–Crippen MR) is 158 cm³/mol. The van der Waals surface area contributed by atoms with Gasteiger partial charge in [0.2, 0.25) is 5.91 Å². The number of aromatic nitrogens is 3. The number of halogens is 1. The van der Waals surface area contributed by atoms with E-state index in [1.54, 1.807) is 12.1 Å². The van der Waals surface area contributed by atoms with Crippen LogP contribution in [-0.4, -0.2) is 55.5 Å². The first-order valence-corrected chi connectivity index (χ1v) is 14.0. The van der Waals surface area contributed by atoms with Crippen molar-refractivity contribution in [2.45, 2.75) is 39.2 Å². The van der Waals surface area contributed by atoms with Crippen molar-refractivity contribution < 1.29 is 24.5 Å². The lowest BCUT2D eigenvalue weighted by molar-refractivity contribution is -0.121. The lowest BCUT2D eigenvalue weighted by Crippen LogP contribution is -2.25. The molecule has 0 aliphatic carbocycles. The van der Waals surface area contributed by atoms with Crippen molar-refractivity contribution in [3.05, 3.63) is 94.0 Å². The number of aliphatic imine (C=N–C) groups is 1. The van der Waals surface area contributed by atoms with Gasteiger partial charge in [-0.3, -0.25) is 19.1 Å². The molecule has 4 aromatic rings. The molecule has 1 atom stereocenters. The van der Waals surface area contributed by atoms with E-state index < -0.39 is 11.8 Å². The SMILES string of the molecule is CCNC(=O)C[C@@H]1N=C(c2ccc(Cl)cc2)c2cc(OCCCC(=O)c3cccc(O)c3O)ccc2-n2c(C)nnc21. The first-order valence-electron chi connectivity index (χ1n) is 13.6. The number of rotatable bonds is 10. The molecule has 1 aromatic heterocycles. The van der Waals surface area contributed by atoms with E-state index in [2.05, 4.69) is 15.5 Å². The number of para-hydroxylation sites is 1. The molecule has 1 amide bonds. The third kappa shape index (κ3) is 5.99. The number of phenolic OH excluding ortho intramolecular Hbond substituents is 2. The van der Waals surface area contributed by atoms with E-state index >= 15 is 0 Å². The zero-order chi connectivity index (χ0) is 29.8. The van der Waals surface area contributed by atoms with Gasteiger partial charge >= 0.3 is 0 Å². The molecule has 216 valence electrons. The van der Waals surface area contributed by atoms with Crippen LogP contribution in [0.2, 0.25) is 5.02 Å². The molecule has 0 unspecified atom stereocenters. The van der Waals surface area contributed by atoms with Crippen molar-refractivity contribution in [1.29, 1.82) is 0 Å². The molecule has 42 heavy (non-hydrogen) atoms. The molecular weight excluding hydrogens is 558 g/mol. The van der Waals surface area contributed by atoms with E-state index in [1.807, 2.05) is 48.7 Å². The molecule has 0 spiro atoms. The molecule has 0 fully saturated rings. The molecule has 3 aromatic carbocycles. The minimum atomic E-state index is -0.583. The van der Waals surface area contributed by atoms with Gasteiger partial charge in [0.25, 0.3) is 0 Å². The third-order valence-corrected chi connectivity index (χ3v) is 7.15. The van der Waals surface area contributed by atoms with Gasteiger partial charge in [-0.25, -0.2) is 0 Å². The van der Waals surface area contributed by atoms with Crippen LogP contribution in [0.5, 0.6) is 17.2 Å². The van der Waals surface area contributed by atoms with Gasteiger partial charge < -0.3 is 20.3 Å². The number of hydrogen-bond acceptors (Lipinski definition) is 8. The molecule has 0 radical (unpaired) electrons. The number of Topliss-reactive ketones (excluding diaryl/α,β-unsaturated/α-hetero) is 1. The molecule has 0 saturated heterocycles.